The molecule has 8 heteroatoms. The second-order valence-electron chi connectivity index (χ2n) is 6.49. The van der Waals surface area contributed by atoms with Crippen molar-refractivity contribution in [2.75, 3.05) is 25.0 Å². The fourth-order valence-corrected chi connectivity index (χ4v) is 2.61. The van der Waals surface area contributed by atoms with Crippen molar-refractivity contribution >= 4 is 17.5 Å². The number of benzene rings is 2. The Balaban J connectivity index is 1.93. The quantitative estimate of drug-likeness (QED) is 0.710. The van der Waals surface area contributed by atoms with Gasteiger partial charge in [0.15, 0.2) is 6.61 Å². The summed E-state index contributed by atoms with van der Waals surface area (Å²) in [5.41, 5.74) is 0.777. The molecule has 2 aromatic rings. The molecular weight excluding hydrogens is 385 g/mol. The van der Waals surface area contributed by atoms with E-state index in [1.54, 1.807) is 12.1 Å². The van der Waals surface area contributed by atoms with Gasteiger partial charge in [-0.2, -0.15) is 13.2 Å². The molecule has 0 bridgehead atoms. The number of carbonyl (C=O) groups is 2. The lowest BCUT2D eigenvalue weighted by atomic mass is 10.2. The van der Waals surface area contributed by atoms with Gasteiger partial charge in [0, 0.05) is 12.2 Å². The van der Waals surface area contributed by atoms with Gasteiger partial charge in [-0.25, -0.2) is 0 Å². The molecule has 0 aromatic heterocycles. The molecule has 5 nitrogen and oxygen atoms in total. The standard InChI is InChI=1S/C21H23F3N2O3/c1-3-12-26(13-19(27)25-18-7-5-4-6-15(18)2)20(28)14-29-17-10-8-16(9-11-17)21(22,23)24/h4-11H,3,12-14H2,1-2H3,(H,25,27). The van der Waals surface area contributed by atoms with Crippen molar-refractivity contribution in [2.24, 2.45) is 0 Å². The van der Waals surface area contributed by atoms with Crippen LogP contribution in [0.2, 0.25) is 0 Å². The summed E-state index contributed by atoms with van der Waals surface area (Å²) in [6.07, 6.45) is -3.79. The number of ether oxygens (including phenoxy) is 1. The molecule has 0 atom stereocenters. The van der Waals surface area contributed by atoms with Crippen LogP contribution in [0.3, 0.4) is 0 Å². The van der Waals surface area contributed by atoms with E-state index >= 15 is 0 Å². The van der Waals surface area contributed by atoms with Gasteiger partial charge in [0.05, 0.1) is 12.1 Å². The van der Waals surface area contributed by atoms with Crippen LogP contribution in [-0.4, -0.2) is 36.4 Å². The minimum absolute atomic E-state index is 0.141. The highest BCUT2D eigenvalue weighted by Crippen LogP contribution is 2.30. The molecule has 0 unspecified atom stereocenters. The Morgan fingerprint density at radius 2 is 1.72 bits per heavy atom. The van der Waals surface area contributed by atoms with Crippen molar-refractivity contribution in [1.29, 1.82) is 0 Å². The van der Waals surface area contributed by atoms with Crippen molar-refractivity contribution in [3.63, 3.8) is 0 Å². The van der Waals surface area contributed by atoms with E-state index in [1.165, 1.54) is 4.90 Å². The molecule has 0 radical (unpaired) electrons. The number of nitrogens with zero attached hydrogens (tertiary/aromatic N) is 1. The third kappa shape index (κ3) is 6.81. The van der Waals surface area contributed by atoms with Gasteiger partial charge in [-0.15, -0.1) is 0 Å². The van der Waals surface area contributed by atoms with Crippen molar-refractivity contribution in [1.82, 2.24) is 4.90 Å². The molecule has 2 amide bonds. The third-order valence-electron chi connectivity index (χ3n) is 4.14. The summed E-state index contributed by atoms with van der Waals surface area (Å²) < 4.78 is 43.1. The molecule has 0 aliphatic rings. The maximum atomic E-state index is 12.6. The lowest BCUT2D eigenvalue weighted by molar-refractivity contribution is -0.138. The van der Waals surface area contributed by atoms with Crippen LogP contribution in [0.1, 0.15) is 24.5 Å². The zero-order chi connectivity index (χ0) is 21.4. The third-order valence-corrected chi connectivity index (χ3v) is 4.14. The van der Waals surface area contributed by atoms with Gasteiger partial charge >= 0.3 is 6.18 Å². The Labute approximate surface area is 167 Å². The van der Waals surface area contributed by atoms with Crippen molar-refractivity contribution < 1.29 is 27.5 Å². The van der Waals surface area contributed by atoms with Crippen LogP contribution in [0, 0.1) is 6.92 Å². The van der Waals surface area contributed by atoms with Crippen molar-refractivity contribution in [3.05, 3.63) is 59.7 Å². The number of hydrogen-bond donors (Lipinski definition) is 1. The Morgan fingerprint density at radius 3 is 2.31 bits per heavy atom. The first-order chi connectivity index (χ1) is 13.7. The maximum Gasteiger partial charge on any atom is 0.416 e. The summed E-state index contributed by atoms with van der Waals surface area (Å²) in [6, 6.07) is 11.4. The predicted molar refractivity (Wildman–Crippen MR) is 104 cm³/mol. The number of alkyl halides is 3. The molecule has 29 heavy (non-hydrogen) atoms. The summed E-state index contributed by atoms with van der Waals surface area (Å²) in [5.74, 6) is -0.616. The lowest BCUT2D eigenvalue weighted by Crippen LogP contribution is -2.41. The molecule has 0 heterocycles. The second kappa shape index (κ2) is 9.95. The van der Waals surface area contributed by atoms with Crippen molar-refractivity contribution in [3.8, 4) is 5.75 Å². The minimum Gasteiger partial charge on any atom is -0.484 e. The van der Waals surface area contributed by atoms with E-state index in [9.17, 15) is 22.8 Å². The number of aryl methyl sites for hydroxylation is 1. The van der Waals surface area contributed by atoms with E-state index in [0.717, 1.165) is 29.8 Å². The van der Waals surface area contributed by atoms with Crippen LogP contribution < -0.4 is 10.1 Å². The van der Waals surface area contributed by atoms with Gasteiger partial charge in [0.1, 0.15) is 5.75 Å². The van der Waals surface area contributed by atoms with Crippen LogP contribution in [-0.2, 0) is 15.8 Å². The SMILES string of the molecule is CCCN(CC(=O)Nc1ccccc1C)C(=O)COc1ccc(C(F)(F)F)cc1. The second-order valence-corrected chi connectivity index (χ2v) is 6.49. The fourth-order valence-electron chi connectivity index (χ4n) is 2.61. The average molecular weight is 408 g/mol. The summed E-state index contributed by atoms with van der Waals surface area (Å²) in [7, 11) is 0. The highest BCUT2D eigenvalue weighted by atomic mass is 19.4. The number of rotatable bonds is 8. The molecule has 0 saturated carbocycles. The average Bonchev–Trinajstić information content (AvgIpc) is 2.67. The molecule has 0 aliphatic carbocycles. The van der Waals surface area contributed by atoms with E-state index in [1.807, 2.05) is 26.0 Å². The highest BCUT2D eigenvalue weighted by molar-refractivity contribution is 5.95. The number of hydrogen-bond acceptors (Lipinski definition) is 3. The monoisotopic (exact) mass is 408 g/mol. The number of nitrogens with one attached hydrogen (secondary N) is 1. The van der Waals surface area contributed by atoms with Crippen LogP contribution in [0.4, 0.5) is 18.9 Å². The predicted octanol–water partition coefficient (Wildman–Crippen LogP) is 4.27. The molecule has 2 rings (SSSR count). The molecule has 1 N–H and O–H groups in total. The Bertz CT molecular complexity index is 836. The molecular formula is C21H23F3N2O3. The van der Waals surface area contributed by atoms with E-state index in [-0.39, 0.29) is 24.8 Å². The van der Waals surface area contributed by atoms with Crippen LogP contribution >= 0.6 is 0 Å². The van der Waals surface area contributed by atoms with Crippen LogP contribution in [0.25, 0.3) is 0 Å². The van der Waals surface area contributed by atoms with E-state index in [0.29, 0.717) is 18.7 Å². The van der Waals surface area contributed by atoms with Crippen LogP contribution in [0.15, 0.2) is 48.5 Å². The first-order valence-corrected chi connectivity index (χ1v) is 9.14. The molecule has 0 spiro atoms. The summed E-state index contributed by atoms with van der Waals surface area (Å²) in [4.78, 5) is 26.1. The number of para-hydroxylation sites is 1. The summed E-state index contributed by atoms with van der Waals surface area (Å²) >= 11 is 0. The molecule has 0 aliphatic heterocycles. The van der Waals surface area contributed by atoms with Crippen molar-refractivity contribution in [2.45, 2.75) is 26.4 Å². The smallest absolute Gasteiger partial charge is 0.416 e. The Kier molecular flexibility index (Phi) is 7.64. The highest BCUT2D eigenvalue weighted by Gasteiger charge is 2.30. The van der Waals surface area contributed by atoms with Gasteiger partial charge < -0.3 is 15.0 Å². The number of carbonyl (C=O) groups excluding carboxylic acids is 2. The fraction of sp³-hybridized carbons (Fsp3) is 0.333. The largest absolute Gasteiger partial charge is 0.484 e. The normalized spacial score (nSPS) is 11.1. The molecule has 0 saturated heterocycles. The van der Waals surface area contributed by atoms with Crippen LogP contribution in [0.5, 0.6) is 5.75 Å². The first kappa shape index (κ1) is 22.3. The van der Waals surface area contributed by atoms with E-state index < -0.39 is 17.6 Å². The Morgan fingerprint density at radius 1 is 1.07 bits per heavy atom. The summed E-state index contributed by atoms with van der Waals surface area (Å²) in [6.45, 7) is 3.58. The number of halogens is 3. The van der Waals surface area contributed by atoms with Gasteiger partial charge in [-0.3, -0.25) is 9.59 Å². The Hall–Kier alpha value is -3.03. The minimum atomic E-state index is -4.43. The van der Waals surface area contributed by atoms with E-state index in [2.05, 4.69) is 5.32 Å². The topological polar surface area (TPSA) is 58.6 Å². The van der Waals surface area contributed by atoms with Gasteiger partial charge in [0.2, 0.25) is 5.91 Å². The molecule has 0 fully saturated rings. The zero-order valence-corrected chi connectivity index (χ0v) is 16.3. The molecule has 156 valence electrons. The van der Waals surface area contributed by atoms with Gasteiger partial charge in [0.25, 0.3) is 5.91 Å². The number of anilines is 1. The first-order valence-electron chi connectivity index (χ1n) is 9.14. The molecule has 2 aromatic carbocycles. The summed E-state index contributed by atoms with van der Waals surface area (Å²) in [5, 5.41) is 2.77. The maximum absolute atomic E-state index is 12.6. The number of amides is 2. The van der Waals surface area contributed by atoms with Gasteiger partial charge in [-0.05, 0) is 49.2 Å². The lowest BCUT2D eigenvalue weighted by Gasteiger charge is -2.22. The zero-order valence-electron chi connectivity index (χ0n) is 16.3. The van der Waals surface area contributed by atoms with Gasteiger partial charge in [-0.1, -0.05) is 25.1 Å². The van der Waals surface area contributed by atoms with E-state index in [4.69, 9.17) is 4.74 Å².